The van der Waals surface area contributed by atoms with E-state index in [0.29, 0.717) is 37.0 Å². The van der Waals surface area contributed by atoms with Crippen molar-refractivity contribution in [2.75, 3.05) is 26.3 Å². The Labute approximate surface area is 166 Å². The molecule has 0 aliphatic carbocycles. The van der Waals surface area contributed by atoms with Crippen LogP contribution in [0, 0.1) is 0 Å². The number of morpholine rings is 1. The number of halogens is 1. The van der Waals surface area contributed by atoms with Crippen LogP contribution in [-0.4, -0.2) is 47.1 Å². The molecule has 5 nitrogen and oxygen atoms in total. The van der Waals surface area contributed by atoms with Crippen molar-refractivity contribution in [3.8, 4) is 11.3 Å². The molecule has 1 fully saturated rings. The average Bonchev–Trinajstić information content (AvgIpc) is 3.12. The average molecular weight is 392 g/mol. The molecule has 1 aliphatic heterocycles. The summed E-state index contributed by atoms with van der Waals surface area (Å²) in [6, 6.07) is 17.5. The highest BCUT2D eigenvalue weighted by atomic mass is 35.5. The number of carbonyl (C=O) groups excluding carboxylic acids is 1. The Kier molecular flexibility index (Phi) is 4.26. The van der Waals surface area contributed by atoms with Crippen molar-refractivity contribution in [3.05, 3.63) is 65.3 Å². The second-order valence-corrected chi connectivity index (χ2v) is 7.30. The monoisotopic (exact) mass is 391 g/mol. The molecule has 0 bridgehead atoms. The first-order valence-corrected chi connectivity index (χ1v) is 9.63. The van der Waals surface area contributed by atoms with Gasteiger partial charge in [0.1, 0.15) is 5.69 Å². The Morgan fingerprint density at radius 2 is 1.86 bits per heavy atom. The summed E-state index contributed by atoms with van der Waals surface area (Å²) in [6.07, 6.45) is 0. The highest BCUT2D eigenvalue weighted by Gasteiger charge is 2.22. The minimum atomic E-state index is -0.0706. The van der Waals surface area contributed by atoms with Gasteiger partial charge in [-0.2, -0.15) is 0 Å². The standard InChI is InChI=1S/C22H18ClN3O2/c23-15-5-3-4-14(12-15)20-21-17(16-6-1-2-7-18(16)24-21)13-19(25-20)22(27)26-8-10-28-11-9-26/h1-7,12-13,24H,8-11H2. The number of ether oxygens (including phenoxy) is 1. The molecular formula is C22H18ClN3O2. The quantitative estimate of drug-likeness (QED) is 0.547. The van der Waals surface area contributed by atoms with Crippen LogP contribution in [0.15, 0.2) is 54.6 Å². The van der Waals surface area contributed by atoms with Crippen molar-refractivity contribution in [1.29, 1.82) is 0 Å². The van der Waals surface area contributed by atoms with Gasteiger partial charge < -0.3 is 14.6 Å². The smallest absolute Gasteiger partial charge is 0.272 e. The molecule has 6 heteroatoms. The number of para-hydroxylation sites is 1. The zero-order valence-electron chi connectivity index (χ0n) is 15.1. The van der Waals surface area contributed by atoms with Gasteiger partial charge in [-0.3, -0.25) is 4.79 Å². The van der Waals surface area contributed by atoms with Gasteiger partial charge in [0, 0.05) is 40.0 Å². The van der Waals surface area contributed by atoms with Gasteiger partial charge in [0.15, 0.2) is 0 Å². The molecule has 4 aromatic rings. The predicted octanol–water partition coefficient (Wildman–Crippen LogP) is 4.51. The van der Waals surface area contributed by atoms with E-state index in [1.807, 2.05) is 48.5 Å². The summed E-state index contributed by atoms with van der Waals surface area (Å²) in [5, 5.41) is 2.69. The van der Waals surface area contributed by atoms with E-state index in [9.17, 15) is 4.79 Å². The number of hydrogen-bond acceptors (Lipinski definition) is 3. The largest absolute Gasteiger partial charge is 0.378 e. The molecule has 0 radical (unpaired) electrons. The van der Waals surface area contributed by atoms with E-state index < -0.39 is 0 Å². The molecule has 1 aliphatic rings. The lowest BCUT2D eigenvalue weighted by molar-refractivity contribution is 0.0299. The van der Waals surface area contributed by atoms with E-state index in [1.54, 1.807) is 4.90 Å². The number of fused-ring (bicyclic) bond motifs is 3. The second kappa shape index (κ2) is 6.93. The number of pyridine rings is 1. The maximum Gasteiger partial charge on any atom is 0.272 e. The highest BCUT2D eigenvalue weighted by Crippen LogP contribution is 2.33. The van der Waals surface area contributed by atoms with E-state index in [2.05, 4.69) is 11.1 Å². The fourth-order valence-corrected chi connectivity index (χ4v) is 3.92. The van der Waals surface area contributed by atoms with E-state index in [4.69, 9.17) is 21.3 Å². The van der Waals surface area contributed by atoms with Crippen LogP contribution < -0.4 is 0 Å². The lowest BCUT2D eigenvalue weighted by Crippen LogP contribution is -2.41. The van der Waals surface area contributed by atoms with Gasteiger partial charge in [-0.1, -0.05) is 41.9 Å². The SMILES string of the molecule is O=C(c1cc2c([nH]c3ccccc32)c(-c2cccc(Cl)c2)n1)N1CCOCC1. The van der Waals surface area contributed by atoms with E-state index in [0.717, 1.165) is 33.1 Å². The van der Waals surface area contributed by atoms with E-state index in [1.165, 1.54) is 0 Å². The number of nitrogens with one attached hydrogen (secondary N) is 1. The molecule has 1 amide bonds. The molecule has 3 heterocycles. The number of benzene rings is 2. The lowest BCUT2D eigenvalue weighted by Gasteiger charge is -2.26. The predicted molar refractivity (Wildman–Crippen MR) is 111 cm³/mol. The number of amides is 1. The number of aromatic nitrogens is 2. The number of nitrogens with zero attached hydrogens (tertiary/aromatic N) is 2. The third-order valence-corrected chi connectivity index (χ3v) is 5.35. The first kappa shape index (κ1) is 17.2. The third-order valence-electron chi connectivity index (χ3n) is 5.11. The maximum atomic E-state index is 13.1. The molecule has 0 atom stereocenters. The summed E-state index contributed by atoms with van der Waals surface area (Å²) in [5.74, 6) is -0.0706. The van der Waals surface area contributed by atoms with Gasteiger partial charge in [0.2, 0.25) is 0 Å². The van der Waals surface area contributed by atoms with Crippen molar-refractivity contribution in [2.24, 2.45) is 0 Å². The van der Waals surface area contributed by atoms with Crippen LogP contribution >= 0.6 is 11.6 Å². The van der Waals surface area contributed by atoms with Crippen LogP contribution in [0.3, 0.4) is 0 Å². The molecule has 2 aromatic carbocycles. The Hall–Kier alpha value is -2.89. The lowest BCUT2D eigenvalue weighted by atomic mass is 10.1. The Morgan fingerprint density at radius 3 is 2.68 bits per heavy atom. The van der Waals surface area contributed by atoms with Gasteiger partial charge in [0.25, 0.3) is 5.91 Å². The molecule has 0 saturated carbocycles. The van der Waals surface area contributed by atoms with Crippen LogP contribution in [0.4, 0.5) is 0 Å². The summed E-state index contributed by atoms with van der Waals surface area (Å²) < 4.78 is 5.37. The fourth-order valence-electron chi connectivity index (χ4n) is 3.73. The molecule has 1 saturated heterocycles. The van der Waals surface area contributed by atoms with Crippen LogP contribution in [0.2, 0.25) is 5.02 Å². The summed E-state index contributed by atoms with van der Waals surface area (Å²) in [5.41, 5.74) is 3.96. The van der Waals surface area contributed by atoms with Gasteiger partial charge in [0.05, 0.1) is 24.4 Å². The molecule has 1 N–H and O–H groups in total. The van der Waals surface area contributed by atoms with Crippen molar-refractivity contribution in [1.82, 2.24) is 14.9 Å². The van der Waals surface area contributed by atoms with Crippen molar-refractivity contribution >= 4 is 39.3 Å². The third kappa shape index (κ3) is 2.93. The van der Waals surface area contributed by atoms with Crippen LogP contribution in [0.25, 0.3) is 33.1 Å². The minimum Gasteiger partial charge on any atom is -0.378 e. The maximum absolute atomic E-state index is 13.1. The molecule has 28 heavy (non-hydrogen) atoms. The Bertz CT molecular complexity index is 1200. The highest BCUT2D eigenvalue weighted by molar-refractivity contribution is 6.31. The molecule has 0 spiro atoms. The first-order valence-electron chi connectivity index (χ1n) is 9.25. The van der Waals surface area contributed by atoms with E-state index in [-0.39, 0.29) is 5.91 Å². The van der Waals surface area contributed by atoms with Gasteiger partial charge in [-0.15, -0.1) is 0 Å². The zero-order chi connectivity index (χ0) is 19.1. The van der Waals surface area contributed by atoms with Gasteiger partial charge in [-0.25, -0.2) is 4.98 Å². The van der Waals surface area contributed by atoms with Crippen LogP contribution in [0.1, 0.15) is 10.5 Å². The summed E-state index contributed by atoms with van der Waals surface area (Å²) in [6.45, 7) is 2.28. The normalized spacial score (nSPS) is 14.7. The summed E-state index contributed by atoms with van der Waals surface area (Å²) >= 11 is 6.22. The number of H-pyrrole nitrogens is 1. The Balaban J connectivity index is 1.75. The van der Waals surface area contributed by atoms with Crippen molar-refractivity contribution < 1.29 is 9.53 Å². The molecule has 5 rings (SSSR count). The zero-order valence-corrected chi connectivity index (χ0v) is 15.9. The fraction of sp³-hybridized carbons (Fsp3) is 0.182. The van der Waals surface area contributed by atoms with Crippen LogP contribution in [-0.2, 0) is 4.74 Å². The summed E-state index contributed by atoms with van der Waals surface area (Å²) in [4.78, 5) is 23.1. The number of rotatable bonds is 2. The first-order chi connectivity index (χ1) is 13.7. The minimum absolute atomic E-state index is 0.0706. The van der Waals surface area contributed by atoms with Crippen molar-refractivity contribution in [3.63, 3.8) is 0 Å². The second-order valence-electron chi connectivity index (χ2n) is 6.86. The van der Waals surface area contributed by atoms with Crippen molar-refractivity contribution in [2.45, 2.75) is 0 Å². The topological polar surface area (TPSA) is 58.2 Å². The number of aromatic amines is 1. The van der Waals surface area contributed by atoms with Crippen LogP contribution in [0.5, 0.6) is 0 Å². The molecule has 0 unspecified atom stereocenters. The van der Waals surface area contributed by atoms with Gasteiger partial charge >= 0.3 is 0 Å². The summed E-state index contributed by atoms with van der Waals surface area (Å²) in [7, 11) is 0. The Morgan fingerprint density at radius 1 is 1.04 bits per heavy atom. The molecule has 140 valence electrons. The molecular weight excluding hydrogens is 374 g/mol. The number of hydrogen-bond donors (Lipinski definition) is 1. The molecule has 2 aromatic heterocycles. The number of carbonyl (C=O) groups is 1. The van der Waals surface area contributed by atoms with E-state index >= 15 is 0 Å². The van der Waals surface area contributed by atoms with Gasteiger partial charge in [-0.05, 0) is 24.3 Å².